The Kier molecular flexibility index (Phi) is 5.66. The summed E-state index contributed by atoms with van der Waals surface area (Å²) in [4.78, 5) is 34.7. The summed E-state index contributed by atoms with van der Waals surface area (Å²) in [5.41, 5.74) is -0.122. The number of methoxy groups -OCH3 is 1. The van der Waals surface area contributed by atoms with Crippen LogP contribution in [0, 0.1) is 0 Å². The molecule has 1 aromatic rings. The zero-order valence-corrected chi connectivity index (χ0v) is 12.0. The minimum atomic E-state index is -0.911. The van der Waals surface area contributed by atoms with Crippen LogP contribution in [0.3, 0.4) is 0 Å². The molecule has 21 heavy (non-hydrogen) atoms. The zero-order valence-electron chi connectivity index (χ0n) is 12.0. The van der Waals surface area contributed by atoms with Crippen molar-refractivity contribution in [1.29, 1.82) is 0 Å². The number of rotatable bonds is 5. The number of ketones is 1. The molecule has 0 aliphatic rings. The van der Waals surface area contributed by atoms with Crippen molar-refractivity contribution in [1.82, 2.24) is 0 Å². The van der Waals surface area contributed by atoms with Crippen LogP contribution in [-0.2, 0) is 19.1 Å². The van der Waals surface area contributed by atoms with E-state index in [-0.39, 0.29) is 17.7 Å². The van der Waals surface area contributed by atoms with Crippen LogP contribution in [0.4, 0.5) is 0 Å². The molecule has 0 spiro atoms. The summed E-state index contributed by atoms with van der Waals surface area (Å²) < 4.78 is 9.31. The largest absolute Gasteiger partial charge is 0.506 e. The fourth-order valence-corrected chi connectivity index (χ4v) is 1.67. The summed E-state index contributed by atoms with van der Waals surface area (Å²) in [6.07, 6.45) is 0. The van der Waals surface area contributed by atoms with Crippen molar-refractivity contribution in [3.63, 3.8) is 0 Å². The molecule has 0 heterocycles. The lowest BCUT2D eigenvalue weighted by molar-refractivity contribution is -0.139. The summed E-state index contributed by atoms with van der Waals surface area (Å²) in [5.74, 6) is -2.67. The van der Waals surface area contributed by atoms with Gasteiger partial charge in [0.15, 0.2) is 5.78 Å². The molecule has 6 heteroatoms. The van der Waals surface area contributed by atoms with Crippen molar-refractivity contribution in [3.05, 3.63) is 41.0 Å². The van der Waals surface area contributed by atoms with Crippen LogP contribution in [0.1, 0.15) is 29.8 Å². The van der Waals surface area contributed by atoms with Gasteiger partial charge in [-0.05, 0) is 26.0 Å². The molecule has 0 amide bonds. The minimum absolute atomic E-state index is 0.0745. The van der Waals surface area contributed by atoms with Gasteiger partial charge in [-0.25, -0.2) is 9.59 Å². The number of carbonyl (C=O) groups is 3. The molecule has 0 aliphatic heterocycles. The first-order valence-electron chi connectivity index (χ1n) is 6.22. The van der Waals surface area contributed by atoms with Gasteiger partial charge >= 0.3 is 11.9 Å². The van der Waals surface area contributed by atoms with E-state index in [1.165, 1.54) is 31.4 Å². The summed E-state index contributed by atoms with van der Waals surface area (Å²) in [6.45, 7) is 2.81. The molecule has 0 unspecified atom stereocenters. The third-order valence-electron chi connectivity index (χ3n) is 2.63. The van der Waals surface area contributed by atoms with Crippen molar-refractivity contribution in [2.45, 2.75) is 13.8 Å². The SMILES string of the molecule is CCOC(=O)C(C(C)=O)=C(O)c1cccc(C(=O)OC)c1. The molecule has 0 saturated carbocycles. The first kappa shape index (κ1) is 16.4. The highest BCUT2D eigenvalue weighted by Gasteiger charge is 2.22. The molecule has 0 bridgehead atoms. The smallest absolute Gasteiger partial charge is 0.345 e. The Morgan fingerprint density at radius 3 is 2.33 bits per heavy atom. The summed E-state index contributed by atoms with van der Waals surface area (Å²) in [5, 5.41) is 10.1. The van der Waals surface area contributed by atoms with Crippen molar-refractivity contribution >= 4 is 23.5 Å². The molecule has 6 nitrogen and oxygen atoms in total. The van der Waals surface area contributed by atoms with Crippen LogP contribution in [0.5, 0.6) is 0 Å². The average Bonchev–Trinajstić information content (AvgIpc) is 2.46. The molecule has 0 aromatic heterocycles. The molecular formula is C15H16O6. The maximum atomic E-state index is 11.7. The van der Waals surface area contributed by atoms with Gasteiger partial charge in [-0.15, -0.1) is 0 Å². The number of hydrogen-bond donors (Lipinski definition) is 1. The van der Waals surface area contributed by atoms with Crippen LogP contribution in [0.15, 0.2) is 29.8 Å². The highest BCUT2D eigenvalue weighted by Crippen LogP contribution is 2.19. The Balaban J connectivity index is 3.33. The average molecular weight is 292 g/mol. The van der Waals surface area contributed by atoms with E-state index in [1.54, 1.807) is 6.92 Å². The van der Waals surface area contributed by atoms with Gasteiger partial charge in [-0.1, -0.05) is 12.1 Å². The number of esters is 2. The normalized spacial score (nSPS) is 11.4. The van der Waals surface area contributed by atoms with E-state index in [0.29, 0.717) is 0 Å². The number of aliphatic hydroxyl groups is 1. The number of ether oxygens (including phenoxy) is 2. The second-order valence-electron chi connectivity index (χ2n) is 4.07. The Labute approximate surface area is 122 Å². The Hall–Kier alpha value is -2.63. The Bertz CT molecular complexity index is 600. The molecule has 1 aromatic carbocycles. The van der Waals surface area contributed by atoms with Gasteiger partial charge in [0.1, 0.15) is 11.3 Å². The Morgan fingerprint density at radius 1 is 1.19 bits per heavy atom. The summed E-state index contributed by atoms with van der Waals surface area (Å²) in [7, 11) is 1.23. The molecule has 1 rings (SSSR count). The molecular weight excluding hydrogens is 276 g/mol. The van der Waals surface area contributed by atoms with Crippen molar-refractivity contribution in [2.75, 3.05) is 13.7 Å². The van der Waals surface area contributed by atoms with Crippen molar-refractivity contribution in [2.24, 2.45) is 0 Å². The topological polar surface area (TPSA) is 89.9 Å². The molecule has 1 N–H and O–H groups in total. The lowest BCUT2D eigenvalue weighted by Gasteiger charge is -2.08. The highest BCUT2D eigenvalue weighted by molar-refractivity contribution is 6.21. The number of hydrogen-bond acceptors (Lipinski definition) is 6. The number of carbonyl (C=O) groups excluding carboxylic acids is 3. The number of Topliss-reactive ketones (excluding diaryl/α,β-unsaturated/α-hetero) is 1. The van der Waals surface area contributed by atoms with Gasteiger partial charge in [-0.3, -0.25) is 4.79 Å². The lowest BCUT2D eigenvalue weighted by Crippen LogP contribution is -2.16. The maximum absolute atomic E-state index is 11.7. The van der Waals surface area contributed by atoms with E-state index >= 15 is 0 Å². The van der Waals surface area contributed by atoms with E-state index in [4.69, 9.17) is 4.74 Å². The van der Waals surface area contributed by atoms with Gasteiger partial charge in [0.05, 0.1) is 19.3 Å². The quantitative estimate of drug-likeness (QED) is 0.293. The minimum Gasteiger partial charge on any atom is -0.506 e. The fourth-order valence-electron chi connectivity index (χ4n) is 1.67. The second-order valence-corrected chi connectivity index (χ2v) is 4.07. The van der Waals surface area contributed by atoms with E-state index in [0.717, 1.165) is 6.92 Å². The molecule has 0 atom stereocenters. The van der Waals surface area contributed by atoms with Crippen LogP contribution in [-0.4, -0.2) is 36.5 Å². The molecule has 0 fully saturated rings. The van der Waals surface area contributed by atoms with E-state index in [2.05, 4.69) is 4.74 Å². The third-order valence-corrected chi connectivity index (χ3v) is 2.63. The van der Waals surface area contributed by atoms with Gasteiger partial charge in [0, 0.05) is 5.56 Å². The lowest BCUT2D eigenvalue weighted by atomic mass is 10.0. The maximum Gasteiger partial charge on any atom is 0.345 e. The van der Waals surface area contributed by atoms with Crippen LogP contribution >= 0.6 is 0 Å². The van der Waals surface area contributed by atoms with Gasteiger partial charge in [0.25, 0.3) is 0 Å². The molecule has 0 radical (unpaired) electrons. The monoisotopic (exact) mass is 292 g/mol. The van der Waals surface area contributed by atoms with E-state index in [1.807, 2.05) is 0 Å². The molecule has 0 aliphatic carbocycles. The fraction of sp³-hybridized carbons (Fsp3) is 0.267. The first-order chi connectivity index (χ1) is 9.92. The molecule has 0 saturated heterocycles. The second kappa shape index (κ2) is 7.23. The predicted octanol–water partition coefficient (Wildman–Crippen LogP) is 1.89. The third kappa shape index (κ3) is 3.92. The van der Waals surface area contributed by atoms with Crippen LogP contribution in [0.2, 0.25) is 0 Å². The molecule has 112 valence electrons. The Morgan fingerprint density at radius 2 is 1.81 bits per heavy atom. The van der Waals surface area contributed by atoms with Crippen LogP contribution < -0.4 is 0 Å². The van der Waals surface area contributed by atoms with Gasteiger partial charge in [-0.2, -0.15) is 0 Å². The van der Waals surface area contributed by atoms with Gasteiger partial charge < -0.3 is 14.6 Å². The van der Waals surface area contributed by atoms with Crippen molar-refractivity contribution < 1.29 is 29.0 Å². The summed E-state index contributed by atoms with van der Waals surface area (Å²) >= 11 is 0. The standard InChI is InChI=1S/C15H16O6/c1-4-21-15(19)12(9(2)16)13(17)10-6-5-7-11(8-10)14(18)20-3/h5-8,17H,4H2,1-3H3. The van der Waals surface area contributed by atoms with Gasteiger partial charge in [0.2, 0.25) is 0 Å². The number of aliphatic hydroxyl groups excluding tert-OH is 1. The van der Waals surface area contributed by atoms with E-state index < -0.39 is 29.1 Å². The zero-order chi connectivity index (χ0) is 16.0. The predicted molar refractivity (Wildman–Crippen MR) is 74.6 cm³/mol. The summed E-state index contributed by atoms with van der Waals surface area (Å²) in [6, 6.07) is 5.77. The highest BCUT2D eigenvalue weighted by atomic mass is 16.5. The number of benzene rings is 1. The van der Waals surface area contributed by atoms with Crippen LogP contribution in [0.25, 0.3) is 5.76 Å². The van der Waals surface area contributed by atoms with Crippen molar-refractivity contribution in [3.8, 4) is 0 Å². The first-order valence-corrected chi connectivity index (χ1v) is 6.22. The van der Waals surface area contributed by atoms with E-state index in [9.17, 15) is 19.5 Å².